The monoisotopic (exact) mass is 455 g/mol. The summed E-state index contributed by atoms with van der Waals surface area (Å²) >= 11 is 0. The van der Waals surface area contributed by atoms with Gasteiger partial charge in [0.1, 0.15) is 5.82 Å². The van der Waals surface area contributed by atoms with E-state index >= 15 is 0 Å². The zero-order chi connectivity index (χ0) is 23.3. The molecule has 0 aliphatic carbocycles. The summed E-state index contributed by atoms with van der Waals surface area (Å²) in [6.45, 7) is 11.6. The van der Waals surface area contributed by atoms with Crippen molar-refractivity contribution in [1.82, 2.24) is 14.3 Å². The molecule has 0 saturated carbocycles. The van der Waals surface area contributed by atoms with Crippen LogP contribution < -0.4 is 10.6 Å². The van der Waals surface area contributed by atoms with Crippen LogP contribution in [0.1, 0.15) is 29.5 Å². The maximum atomic E-state index is 12.1. The van der Waals surface area contributed by atoms with Crippen molar-refractivity contribution in [2.45, 2.75) is 39.2 Å². The molecule has 0 amide bonds. The first-order valence-corrected chi connectivity index (χ1v) is 12.0. The fourth-order valence-corrected chi connectivity index (χ4v) is 4.58. The maximum Gasteiger partial charge on any atom is 0.235 e. The molecule has 8 nitrogen and oxygen atoms in total. The largest absolute Gasteiger partial charge is 0.350 e. The number of carbonyl (C=O) groups is 1. The maximum absolute atomic E-state index is 12.1. The van der Waals surface area contributed by atoms with E-state index in [1.807, 2.05) is 32.0 Å². The van der Waals surface area contributed by atoms with Crippen molar-refractivity contribution >= 4 is 33.3 Å². The van der Waals surface area contributed by atoms with Gasteiger partial charge in [-0.15, -0.1) is 0 Å². The van der Waals surface area contributed by atoms with Crippen LogP contribution >= 0.6 is 0 Å². The normalized spacial score (nSPS) is 16.9. The SMILES string of the molecule is C=CC(=O)Cc1cc(C)ccc1Nc1nc(N[C@@H]2CCCN(S(=O)(=O)C=C)C2)ncc1C. The minimum atomic E-state index is -3.45. The minimum Gasteiger partial charge on any atom is -0.350 e. The van der Waals surface area contributed by atoms with Gasteiger partial charge in [0.15, 0.2) is 5.78 Å². The van der Waals surface area contributed by atoms with Crippen molar-refractivity contribution in [3.8, 4) is 0 Å². The molecule has 2 N–H and O–H groups in total. The molecule has 0 unspecified atom stereocenters. The molecule has 9 heteroatoms. The first-order chi connectivity index (χ1) is 15.2. The highest BCUT2D eigenvalue weighted by molar-refractivity contribution is 7.92. The number of piperidine rings is 1. The molecule has 1 aliphatic heterocycles. The molecule has 1 aromatic carbocycles. The Bertz CT molecular complexity index is 1130. The summed E-state index contributed by atoms with van der Waals surface area (Å²) in [6, 6.07) is 5.76. The Morgan fingerprint density at radius 3 is 2.81 bits per heavy atom. The summed E-state index contributed by atoms with van der Waals surface area (Å²) in [5.41, 5.74) is 3.55. The van der Waals surface area contributed by atoms with Crippen LogP contribution in [0.15, 0.2) is 49.0 Å². The van der Waals surface area contributed by atoms with Gasteiger partial charge in [-0.2, -0.15) is 9.29 Å². The molecular formula is C23H29N5O3S. The number of hydrogen-bond acceptors (Lipinski definition) is 7. The van der Waals surface area contributed by atoms with Crippen molar-refractivity contribution in [2.24, 2.45) is 0 Å². The van der Waals surface area contributed by atoms with Crippen molar-refractivity contribution in [3.63, 3.8) is 0 Å². The number of allylic oxidation sites excluding steroid dienone is 1. The van der Waals surface area contributed by atoms with Crippen LogP contribution in [0.2, 0.25) is 0 Å². The first kappa shape index (κ1) is 23.6. The molecular weight excluding hydrogens is 426 g/mol. The predicted octanol–water partition coefficient (Wildman–Crippen LogP) is 3.48. The zero-order valence-electron chi connectivity index (χ0n) is 18.5. The van der Waals surface area contributed by atoms with E-state index in [9.17, 15) is 13.2 Å². The van der Waals surface area contributed by atoms with Gasteiger partial charge in [-0.3, -0.25) is 4.79 Å². The van der Waals surface area contributed by atoms with Gasteiger partial charge in [-0.05, 0) is 44.4 Å². The summed E-state index contributed by atoms with van der Waals surface area (Å²) in [5.74, 6) is 0.971. The number of anilines is 3. The summed E-state index contributed by atoms with van der Waals surface area (Å²) in [5, 5.41) is 7.56. The summed E-state index contributed by atoms with van der Waals surface area (Å²) in [7, 11) is -3.45. The van der Waals surface area contributed by atoms with E-state index in [1.54, 1.807) is 6.20 Å². The third-order valence-electron chi connectivity index (χ3n) is 5.37. The molecule has 170 valence electrons. The Hall–Kier alpha value is -3.04. The van der Waals surface area contributed by atoms with Crippen LogP contribution in [0.25, 0.3) is 0 Å². The Morgan fingerprint density at radius 2 is 2.09 bits per heavy atom. The lowest BCUT2D eigenvalue weighted by Crippen LogP contribution is -2.44. The van der Waals surface area contributed by atoms with Gasteiger partial charge in [0, 0.05) is 48.4 Å². The van der Waals surface area contributed by atoms with Gasteiger partial charge in [-0.25, -0.2) is 13.4 Å². The number of ketones is 1. The molecule has 2 heterocycles. The lowest BCUT2D eigenvalue weighted by molar-refractivity contribution is -0.114. The molecule has 0 radical (unpaired) electrons. The van der Waals surface area contributed by atoms with Crippen LogP contribution in [0.3, 0.4) is 0 Å². The lowest BCUT2D eigenvalue weighted by atomic mass is 10.0. The van der Waals surface area contributed by atoms with Crippen molar-refractivity contribution in [1.29, 1.82) is 0 Å². The number of nitrogens with zero attached hydrogens (tertiary/aromatic N) is 3. The van der Waals surface area contributed by atoms with Gasteiger partial charge in [0.25, 0.3) is 0 Å². The molecule has 1 aliphatic rings. The molecule has 3 rings (SSSR count). The molecule has 1 saturated heterocycles. The van der Waals surface area contributed by atoms with Gasteiger partial charge in [0.2, 0.25) is 16.0 Å². The number of rotatable bonds is 9. The van der Waals surface area contributed by atoms with Crippen LogP contribution in [-0.2, 0) is 21.2 Å². The standard InChI is InChI=1S/C23H29N5O3S/c1-5-20(29)13-18-12-16(3)9-10-21(18)26-22-17(4)14-24-23(27-22)25-19-8-7-11-28(15-19)32(30,31)6-2/h5-6,9-10,12,14,19H,1-2,7-8,11,13,15H2,3-4H3,(H2,24,25,26,27)/t19-/m1/s1. The van der Waals surface area contributed by atoms with Crippen molar-refractivity contribution in [2.75, 3.05) is 23.7 Å². The van der Waals surface area contributed by atoms with E-state index in [0.717, 1.165) is 40.6 Å². The third-order valence-corrected chi connectivity index (χ3v) is 6.84. The number of sulfonamides is 1. The van der Waals surface area contributed by atoms with E-state index < -0.39 is 10.0 Å². The lowest BCUT2D eigenvalue weighted by Gasteiger charge is -2.31. The number of benzene rings is 1. The van der Waals surface area contributed by atoms with Crippen LogP contribution in [0.4, 0.5) is 17.5 Å². The number of hydrogen-bond donors (Lipinski definition) is 2. The summed E-state index contributed by atoms with van der Waals surface area (Å²) < 4.78 is 25.7. The minimum absolute atomic E-state index is 0.0586. The zero-order valence-corrected chi connectivity index (χ0v) is 19.3. The predicted molar refractivity (Wildman–Crippen MR) is 127 cm³/mol. The van der Waals surface area contributed by atoms with Gasteiger partial charge >= 0.3 is 0 Å². The van der Waals surface area contributed by atoms with Gasteiger partial charge in [-0.1, -0.05) is 30.9 Å². The number of aromatic nitrogens is 2. The van der Waals surface area contributed by atoms with Gasteiger partial charge < -0.3 is 10.6 Å². The molecule has 0 spiro atoms. The molecule has 32 heavy (non-hydrogen) atoms. The van der Waals surface area contributed by atoms with E-state index in [0.29, 0.717) is 24.9 Å². The smallest absolute Gasteiger partial charge is 0.235 e. The van der Waals surface area contributed by atoms with Crippen LogP contribution in [-0.4, -0.2) is 47.6 Å². The average molecular weight is 456 g/mol. The highest BCUT2D eigenvalue weighted by Crippen LogP contribution is 2.25. The Morgan fingerprint density at radius 1 is 1.31 bits per heavy atom. The second-order valence-electron chi connectivity index (χ2n) is 7.91. The highest BCUT2D eigenvalue weighted by atomic mass is 32.2. The number of nitrogens with one attached hydrogen (secondary N) is 2. The summed E-state index contributed by atoms with van der Waals surface area (Å²) in [4.78, 5) is 20.9. The fourth-order valence-electron chi connectivity index (χ4n) is 3.60. The first-order valence-electron chi connectivity index (χ1n) is 10.5. The molecule has 1 atom stereocenters. The molecule has 0 bridgehead atoms. The second kappa shape index (κ2) is 10.1. The Labute approximate surface area is 189 Å². The quantitative estimate of drug-likeness (QED) is 0.558. The van der Waals surface area contributed by atoms with Crippen molar-refractivity contribution < 1.29 is 13.2 Å². The second-order valence-corrected chi connectivity index (χ2v) is 9.79. The van der Waals surface area contributed by atoms with E-state index in [-0.39, 0.29) is 18.2 Å². The fraction of sp³-hybridized carbons (Fsp3) is 0.348. The average Bonchev–Trinajstić information content (AvgIpc) is 2.77. The Kier molecular flexibility index (Phi) is 7.42. The topological polar surface area (TPSA) is 104 Å². The van der Waals surface area contributed by atoms with E-state index in [1.165, 1.54) is 10.4 Å². The molecule has 1 fully saturated rings. The van der Waals surface area contributed by atoms with E-state index in [2.05, 4.69) is 33.8 Å². The van der Waals surface area contributed by atoms with E-state index in [4.69, 9.17) is 0 Å². The van der Waals surface area contributed by atoms with Crippen LogP contribution in [0, 0.1) is 13.8 Å². The Balaban J connectivity index is 1.79. The molecule has 1 aromatic heterocycles. The summed E-state index contributed by atoms with van der Waals surface area (Å²) in [6.07, 6.45) is 4.84. The number of aryl methyl sites for hydroxylation is 2. The number of carbonyl (C=O) groups excluding carboxylic acids is 1. The highest BCUT2D eigenvalue weighted by Gasteiger charge is 2.27. The van der Waals surface area contributed by atoms with Crippen molar-refractivity contribution in [3.05, 3.63) is 65.7 Å². The van der Waals surface area contributed by atoms with Crippen LogP contribution in [0.5, 0.6) is 0 Å². The van der Waals surface area contributed by atoms with Gasteiger partial charge in [0.05, 0.1) is 0 Å². The molecule has 2 aromatic rings. The third kappa shape index (κ3) is 5.80.